The molecule has 2 amide bonds. The molecule has 192 valence electrons. The molecule has 4 rings (SSSR count). The van der Waals surface area contributed by atoms with E-state index in [1.807, 2.05) is 6.07 Å². The van der Waals surface area contributed by atoms with E-state index in [2.05, 4.69) is 11.8 Å². The average molecular weight is 512 g/mol. The maximum absolute atomic E-state index is 13.8. The third kappa shape index (κ3) is 5.71. The molecule has 0 spiro atoms. The number of non-ortho nitro benzene ring substituents is 1. The number of esters is 1. The SMILES string of the molecule is CCOC(=O)CC(C)N1CC(=O)N(c2ccccc2)c2ccc(C#Cc3ccc([N+](=O)[O-])cc3)cc2C1=O. The van der Waals surface area contributed by atoms with Crippen LogP contribution in [0, 0.1) is 22.0 Å². The number of carbonyl (C=O) groups is 3. The van der Waals surface area contributed by atoms with Crippen LogP contribution >= 0.6 is 0 Å². The van der Waals surface area contributed by atoms with E-state index >= 15 is 0 Å². The predicted octanol–water partition coefficient (Wildman–Crippen LogP) is 4.46. The summed E-state index contributed by atoms with van der Waals surface area (Å²) in [5, 5.41) is 10.9. The molecule has 0 saturated carbocycles. The van der Waals surface area contributed by atoms with Gasteiger partial charge in [0.25, 0.3) is 17.5 Å². The monoisotopic (exact) mass is 511 g/mol. The molecular formula is C29H25N3O6. The summed E-state index contributed by atoms with van der Waals surface area (Å²) in [6, 6.07) is 19.3. The van der Waals surface area contributed by atoms with Gasteiger partial charge in [0.05, 0.1) is 29.2 Å². The van der Waals surface area contributed by atoms with Crippen LogP contribution in [0.25, 0.3) is 0 Å². The lowest BCUT2D eigenvalue weighted by Gasteiger charge is -2.27. The molecule has 0 N–H and O–H groups in total. The van der Waals surface area contributed by atoms with Gasteiger partial charge in [-0.25, -0.2) is 0 Å². The molecule has 1 aliphatic rings. The summed E-state index contributed by atoms with van der Waals surface area (Å²) in [5.41, 5.74) is 2.35. The number of anilines is 2. The van der Waals surface area contributed by atoms with Crippen molar-refractivity contribution in [3.05, 3.63) is 99.6 Å². The van der Waals surface area contributed by atoms with Gasteiger partial charge < -0.3 is 9.64 Å². The number of nitro groups is 1. The first-order chi connectivity index (χ1) is 18.3. The molecule has 0 radical (unpaired) electrons. The third-order valence-corrected chi connectivity index (χ3v) is 6.03. The molecule has 0 saturated heterocycles. The first-order valence-electron chi connectivity index (χ1n) is 12.0. The highest BCUT2D eigenvalue weighted by Crippen LogP contribution is 2.33. The van der Waals surface area contributed by atoms with Gasteiger partial charge in [-0.3, -0.25) is 29.4 Å². The normalized spacial score (nSPS) is 13.6. The van der Waals surface area contributed by atoms with Crippen LogP contribution in [0.1, 0.15) is 41.8 Å². The van der Waals surface area contributed by atoms with Crippen LogP contribution in [0.2, 0.25) is 0 Å². The van der Waals surface area contributed by atoms with Crippen molar-refractivity contribution in [2.75, 3.05) is 18.1 Å². The Morgan fingerprint density at radius 3 is 2.34 bits per heavy atom. The Morgan fingerprint density at radius 1 is 1.03 bits per heavy atom. The minimum Gasteiger partial charge on any atom is -0.466 e. The lowest BCUT2D eigenvalue weighted by Crippen LogP contribution is -2.43. The number of benzene rings is 3. The summed E-state index contributed by atoms with van der Waals surface area (Å²) in [5.74, 6) is 4.77. The Bertz CT molecular complexity index is 1440. The fraction of sp³-hybridized carbons (Fsp3) is 0.207. The van der Waals surface area contributed by atoms with Gasteiger partial charge in [-0.15, -0.1) is 0 Å². The second-order valence-corrected chi connectivity index (χ2v) is 8.64. The first kappa shape index (κ1) is 26.1. The first-order valence-corrected chi connectivity index (χ1v) is 12.0. The molecule has 1 heterocycles. The standard InChI is InChI=1S/C29H25N3O6/c1-3-38-28(34)17-20(2)30-19-27(33)31(23-7-5-4-6-8-23)26-16-13-22(18-25(26)29(30)35)10-9-21-11-14-24(15-12-21)32(36)37/h4-8,11-16,18,20H,3,17,19H2,1-2H3. The maximum Gasteiger partial charge on any atom is 0.307 e. The molecule has 38 heavy (non-hydrogen) atoms. The zero-order valence-corrected chi connectivity index (χ0v) is 20.9. The topological polar surface area (TPSA) is 110 Å². The van der Waals surface area contributed by atoms with Crippen molar-refractivity contribution in [1.29, 1.82) is 0 Å². The summed E-state index contributed by atoms with van der Waals surface area (Å²) in [6.45, 7) is 3.42. The number of hydrogen-bond acceptors (Lipinski definition) is 6. The van der Waals surface area contributed by atoms with Crippen LogP contribution in [0.15, 0.2) is 72.8 Å². The summed E-state index contributed by atoms with van der Waals surface area (Å²) in [4.78, 5) is 52.6. The van der Waals surface area contributed by atoms with Crippen molar-refractivity contribution in [3.63, 3.8) is 0 Å². The van der Waals surface area contributed by atoms with Gasteiger partial charge in [0.1, 0.15) is 6.54 Å². The van der Waals surface area contributed by atoms with Crippen LogP contribution in [0.5, 0.6) is 0 Å². The van der Waals surface area contributed by atoms with Crippen LogP contribution in [-0.2, 0) is 14.3 Å². The van der Waals surface area contributed by atoms with Gasteiger partial charge in [0.2, 0.25) is 0 Å². The molecule has 1 atom stereocenters. The van der Waals surface area contributed by atoms with Crippen molar-refractivity contribution < 1.29 is 24.0 Å². The van der Waals surface area contributed by atoms with E-state index in [1.165, 1.54) is 21.9 Å². The second kappa shape index (κ2) is 11.4. The van der Waals surface area contributed by atoms with E-state index in [-0.39, 0.29) is 36.7 Å². The second-order valence-electron chi connectivity index (χ2n) is 8.64. The Hall–Kier alpha value is -4.97. The highest BCUT2D eigenvalue weighted by Gasteiger charge is 2.35. The molecule has 9 nitrogen and oxygen atoms in total. The van der Waals surface area contributed by atoms with Crippen molar-refractivity contribution >= 4 is 34.8 Å². The van der Waals surface area contributed by atoms with Crippen molar-refractivity contribution in [1.82, 2.24) is 4.90 Å². The molecule has 0 aliphatic carbocycles. The zero-order valence-electron chi connectivity index (χ0n) is 20.9. The van der Waals surface area contributed by atoms with Crippen LogP contribution in [0.3, 0.4) is 0 Å². The Kier molecular flexibility index (Phi) is 7.83. The zero-order chi connectivity index (χ0) is 27.2. The lowest BCUT2D eigenvalue weighted by molar-refractivity contribution is -0.384. The van der Waals surface area contributed by atoms with Crippen LogP contribution in [0.4, 0.5) is 17.1 Å². The van der Waals surface area contributed by atoms with E-state index < -0.39 is 22.8 Å². The smallest absolute Gasteiger partial charge is 0.307 e. The van der Waals surface area contributed by atoms with Crippen molar-refractivity contribution in [2.45, 2.75) is 26.3 Å². The van der Waals surface area contributed by atoms with Crippen molar-refractivity contribution in [3.8, 4) is 11.8 Å². The number of ether oxygens (including phenoxy) is 1. The van der Waals surface area contributed by atoms with E-state index in [9.17, 15) is 24.5 Å². The number of amides is 2. The number of hydrogen-bond donors (Lipinski definition) is 0. The minimum atomic E-state index is -0.580. The molecule has 1 unspecified atom stereocenters. The van der Waals surface area contributed by atoms with Crippen LogP contribution in [-0.4, -0.2) is 46.8 Å². The predicted molar refractivity (Wildman–Crippen MR) is 141 cm³/mol. The summed E-state index contributed by atoms with van der Waals surface area (Å²) in [6.07, 6.45) is -0.0484. The molecule has 3 aromatic carbocycles. The highest BCUT2D eigenvalue weighted by molar-refractivity contribution is 6.13. The Balaban J connectivity index is 1.74. The number of para-hydroxylation sites is 1. The van der Waals surface area contributed by atoms with Gasteiger partial charge in [-0.05, 0) is 56.3 Å². The summed E-state index contributed by atoms with van der Waals surface area (Å²) in [7, 11) is 0. The number of nitro benzene ring substituents is 1. The summed E-state index contributed by atoms with van der Waals surface area (Å²) >= 11 is 0. The maximum atomic E-state index is 13.8. The molecule has 9 heteroatoms. The third-order valence-electron chi connectivity index (χ3n) is 6.03. The van der Waals surface area contributed by atoms with E-state index in [0.717, 1.165) is 0 Å². The Labute approximate surface area is 219 Å². The average Bonchev–Trinajstić information content (AvgIpc) is 3.02. The van der Waals surface area contributed by atoms with E-state index in [4.69, 9.17) is 4.74 Å². The quantitative estimate of drug-likeness (QED) is 0.209. The fourth-order valence-corrected chi connectivity index (χ4v) is 4.16. The number of nitrogens with zero attached hydrogens (tertiary/aromatic N) is 3. The number of carbonyl (C=O) groups excluding carboxylic acids is 3. The van der Waals surface area contributed by atoms with Gasteiger partial charge >= 0.3 is 5.97 Å². The molecule has 0 aromatic heterocycles. The van der Waals surface area contributed by atoms with E-state index in [1.54, 1.807) is 68.4 Å². The van der Waals surface area contributed by atoms with Gasteiger partial charge in [0.15, 0.2) is 0 Å². The Morgan fingerprint density at radius 2 is 1.68 bits per heavy atom. The molecule has 0 fully saturated rings. The molecule has 0 bridgehead atoms. The summed E-state index contributed by atoms with van der Waals surface area (Å²) < 4.78 is 5.04. The fourth-order valence-electron chi connectivity index (χ4n) is 4.16. The molecule has 1 aliphatic heterocycles. The minimum absolute atomic E-state index is 0.0334. The number of fused-ring (bicyclic) bond motifs is 1. The molecule has 3 aromatic rings. The van der Waals surface area contributed by atoms with Crippen molar-refractivity contribution in [2.24, 2.45) is 0 Å². The van der Waals surface area contributed by atoms with Gasteiger partial charge in [-0.1, -0.05) is 30.0 Å². The number of rotatable bonds is 6. The highest BCUT2D eigenvalue weighted by atomic mass is 16.6. The lowest BCUT2D eigenvalue weighted by atomic mass is 10.0. The van der Waals surface area contributed by atoms with Gasteiger partial charge in [0, 0.05) is 35.0 Å². The van der Waals surface area contributed by atoms with Gasteiger partial charge in [-0.2, -0.15) is 0 Å². The van der Waals surface area contributed by atoms with E-state index in [0.29, 0.717) is 22.5 Å². The molecular weight excluding hydrogens is 486 g/mol. The van der Waals surface area contributed by atoms with Crippen LogP contribution < -0.4 is 4.90 Å². The largest absolute Gasteiger partial charge is 0.466 e.